The maximum Gasteiger partial charge on any atom is 0.331 e. The first-order chi connectivity index (χ1) is 13.8. The molecule has 0 bridgehead atoms. The first kappa shape index (κ1) is 20.5. The van der Waals surface area contributed by atoms with Crippen molar-refractivity contribution in [1.29, 1.82) is 0 Å². The molecule has 0 aliphatic carbocycles. The van der Waals surface area contributed by atoms with Crippen molar-refractivity contribution in [1.82, 2.24) is 0 Å². The zero-order chi connectivity index (χ0) is 20.9. The lowest BCUT2D eigenvalue weighted by Crippen LogP contribution is -2.20. The molecule has 29 heavy (non-hydrogen) atoms. The highest BCUT2D eigenvalue weighted by molar-refractivity contribution is 5.94. The summed E-state index contributed by atoms with van der Waals surface area (Å²) in [5.74, 6) is 0.333. The second-order valence-electron chi connectivity index (χ2n) is 7.72. The quantitative estimate of drug-likeness (QED) is 0.613. The molecule has 6 nitrogen and oxygen atoms in total. The van der Waals surface area contributed by atoms with Crippen molar-refractivity contribution >= 4 is 23.6 Å². The summed E-state index contributed by atoms with van der Waals surface area (Å²) >= 11 is 0. The lowest BCUT2D eigenvalue weighted by molar-refractivity contribution is -0.142. The van der Waals surface area contributed by atoms with Crippen molar-refractivity contribution in [2.24, 2.45) is 0 Å². The number of fused-ring (bicyclic) bond motifs is 1. The highest BCUT2D eigenvalue weighted by Crippen LogP contribution is 2.31. The molecule has 0 saturated carbocycles. The van der Waals surface area contributed by atoms with Gasteiger partial charge >= 0.3 is 5.97 Å². The van der Waals surface area contributed by atoms with Gasteiger partial charge in [0.2, 0.25) is 0 Å². The van der Waals surface area contributed by atoms with Crippen molar-refractivity contribution in [3.63, 3.8) is 0 Å². The van der Waals surface area contributed by atoms with Crippen LogP contribution < -0.4 is 14.8 Å². The molecule has 3 rings (SSSR count). The van der Waals surface area contributed by atoms with Gasteiger partial charge in [0.1, 0.15) is 13.2 Å². The molecule has 0 aromatic heterocycles. The molecule has 1 aliphatic heterocycles. The van der Waals surface area contributed by atoms with Crippen LogP contribution in [-0.2, 0) is 19.7 Å². The summed E-state index contributed by atoms with van der Waals surface area (Å²) in [7, 11) is 0. The van der Waals surface area contributed by atoms with E-state index >= 15 is 0 Å². The van der Waals surface area contributed by atoms with Crippen LogP contribution in [0.5, 0.6) is 11.5 Å². The van der Waals surface area contributed by atoms with Gasteiger partial charge in [-0.15, -0.1) is 0 Å². The minimum atomic E-state index is -0.599. The third kappa shape index (κ3) is 5.85. The van der Waals surface area contributed by atoms with Gasteiger partial charge in [0, 0.05) is 11.8 Å². The van der Waals surface area contributed by atoms with Crippen LogP contribution in [0.25, 0.3) is 6.08 Å². The molecule has 1 N–H and O–H groups in total. The van der Waals surface area contributed by atoms with Gasteiger partial charge in [0.15, 0.2) is 18.1 Å². The van der Waals surface area contributed by atoms with Gasteiger partial charge in [-0.2, -0.15) is 0 Å². The smallest absolute Gasteiger partial charge is 0.331 e. The van der Waals surface area contributed by atoms with Crippen molar-refractivity contribution in [2.75, 3.05) is 25.1 Å². The van der Waals surface area contributed by atoms with Crippen molar-refractivity contribution in [3.8, 4) is 11.5 Å². The Hall–Kier alpha value is -3.28. The van der Waals surface area contributed by atoms with E-state index in [1.54, 1.807) is 18.2 Å². The van der Waals surface area contributed by atoms with E-state index in [1.165, 1.54) is 11.6 Å². The molecule has 1 aliphatic rings. The van der Waals surface area contributed by atoms with E-state index in [-0.39, 0.29) is 12.0 Å². The van der Waals surface area contributed by atoms with Crippen LogP contribution in [0.3, 0.4) is 0 Å². The molecular weight excluding hydrogens is 370 g/mol. The Kier molecular flexibility index (Phi) is 6.22. The van der Waals surface area contributed by atoms with Crippen LogP contribution in [0.4, 0.5) is 5.69 Å². The number of esters is 1. The highest BCUT2D eigenvalue weighted by atomic mass is 16.6. The minimum absolute atomic E-state index is 0.0433. The van der Waals surface area contributed by atoms with E-state index < -0.39 is 11.9 Å². The molecule has 152 valence electrons. The van der Waals surface area contributed by atoms with Crippen molar-refractivity contribution < 1.29 is 23.8 Å². The Balaban J connectivity index is 1.47. The zero-order valence-electron chi connectivity index (χ0n) is 16.9. The van der Waals surface area contributed by atoms with E-state index in [4.69, 9.17) is 14.2 Å². The first-order valence-corrected chi connectivity index (χ1v) is 9.46. The molecule has 6 heteroatoms. The summed E-state index contributed by atoms with van der Waals surface area (Å²) in [6, 6.07) is 13.0. The van der Waals surface area contributed by atoms with Crippen LogP contribution in [0.15, 0.2) is 48.5 Å². The van der Waals surface area contributed by atoms with E-state index in [0.29, 0.717) is 30.4 Å². The van der Waals surface area contributed by atoms with E-state index in [0.717, 1.165) is 5.56 Å². The monoisotopic (exact) mass is 395 g/mol. The molecular formula is C23H25NO5. The van der Waals surface area contributed by atoms with Crippen LogP contribution in [0.1, 0.15) is 31.9 Å². The summed E-state index contributed by atoms with van der Waals surface area (Å²) in [6.07, 6.45) is 2.88. The molecule has 0 spiro atoms. The van der Waals surface area contributed by atoms with Crippen molar-refractivity contribution in [2.45, 2.75) is 26.2 Å². The lowest BCUT2D eigenvalue weighted by atomic mass is 9.87. The van der Waals surface area contributed by atoms with Gasteiger partial charge in [-0.05, 0) is 46.9 Å². The van der Waals surface area contributed by atoms with Crippen LogP contribution in [-0.4, -0.2) is 31.7 Å². The fraction of sp³-hybridized carbons (Fsp3) is 0.304. The number of benzene rings is 2. The fourth-order valence-electron chi connectivity index (χ4n) is 2.76. The number of rotatable bonds is 5. The molecule has 0 fully saturated rings. The predicted octanol–water partition coefficient (Wildman–Crippen LogP) is 3.95. The molecule has 2 aromatic carbocycles. The summed E-state index contributed by atoms with van der Waals surface area (Å²) in [4.78, 5) is 23.9. The van der Waals surface area contributed by atoms with Crippen molar-refractivity contribution in [3.05, 3.63) is 59.7 Å². The minimum Gasteiger partial charge on any atom is -0.486 e. The maximum absolute atomic E-state index is 12.0. The number of amides is 1. The van der Waals surface area contributed by atoms with Crippen LogP contribution >= 0.6 is 0 Å². The highest BCUT2D eigenvalue weighted by Gasteiger charge is 2.14. The molecule has 0 radical (unpaired) electrons. The predicted molar refractivity (Wildman–Crippen MR) is 111 cm³/mol. The lowest BCUT2D eigenvalue weighted by Gasteiger charge is -2.19. The summed E-state index contributed by atoms with van der Waals surface area (Å²) in [5.41, 5.74) is 2.65. The van der Waals surface area contributed by atoms with Gasteiger partial charge in [-0.3, -0.25) is 4.79 Å². The summed E-state index contributed by atoms with van der Waals surface area (Å²) in [6.45, 7) is 7.04. The van der Waals surface area contributed by atoms with Crippen LogP contribution in [0.2, 0.25) is 0 Å². The Morgan fingerprint density at radius 2 is 1.72 bits per heavy atom. The normalized spacial score (nSPS) is 13.2. The van der Waals surface area contributed by atoms with Gasteiger partial charge in [0.05, 0.1) is 0 Å². The summed E-state index contributed by atoms with van der Waals surface area (Å²) in [5, 5.41) is 2.71. The molecule has 0 saturated heterocycles. The number of hydrogen-bond donors (Lipinski definition) is 1. The van der Waals surface area contributed by atoms with E-state index in [9.17, 15) is 9.59 Å². The number of ether oxygens (including phenoxy) is 3. The van der Waals surface area contributed by atoms with Gasteiger partial charge < -0.3 is 19.5 Å². The molecule has 1 heterocycles. The molecule has 0 unspecified atom stereocenters. The van der Waals surface area contributed by atoms with E-state index in [1.807, 2.05) is 30.3 Å². The average Bonchev–Trinajstić information content (AvgIpc) is 2.70. The topological polar surface area (TPSA) is 73.9 Å². The molecule has 2 aromatic rings. The number of hydrogen-bond acceptors (Lipinski definition) is 5. The fourth-order valence-corrected chi connectivity index (χ4v) is 2.76. The third-order valence-corrected chi connectivity index (χ3v) is 4.36. The molecule has 0 atom stereocenters. The third-order valence-electron chi connectivity index (χ3n) is 4.36. The first-order valence-electron chi connectivity index (χ1n) is 9.46. The number of carbonyl (C=O) groups is 2. The largest absolute Gasteiger partial charge is 0.486 e. The second-order valence-corrected chi connectivity index (χ2v) is 7.72. The SMILES string of the molecule is CC(C)(C)c1ccc(NC(=O)COC(=O)/C=C\c2ccc3c(c2)OCCO3)cc1. The number of nitrogens with one attached hydrogen (secondary N) is 1. The Morgan fingerprint density at radius 3 is 2.41 bits per heavy atom. The maximum atomic E-state index is 12.0. The molecule has 1 amide bonds. The Morgan fingerprint density at radius 1 is 1.03 bits per heavy atom. The Labute approximate surface area is 170 Å². The number of carbonyl (C=O) groups excluding carboxylic acids is 2. The van der Waals surface area contributed by atoms with E-state index in [2.05, 4.69) is 26.1 Å². The average molecular weight is 395 g/mol. The van der Waals surface area contributed by atoms with Gasteiger partial charge in [-0.1, -0.05) is 39.0 Å². The van der Waals surface area contributed by atoms with Crippen LogP contribution in [0, 0.1) is 0 Å². The van der Waals surface area contributed by atoms with Gasteiger partial charge in [0.25, 0.3) is 5.91 Å². The zero-order valence-corrected chi connectivity index (χ0v) is 16.9. The summed E-state index contributed by atoms with van der Waals surface area (Å²) < 4.78 is 16.0. The Bertz CT molecular complexity index is 910. The second kappa shape index (κ2) is 8.82. The van der Waals surface area contributed by atoms with Gasteiger partial charge in [-0.25, -0.2) is 4.79 Å². The number of anilines is 1. The standard InChI is InChI=1S/C23H25NO5/c1-23(2,3)17-6-8-18(9-7-17)24-21(25)15-29-22(26)11-5-16-4-10-19-20(14-16)28-13-12-27-19/h4-11,14H,12-13,15H2,1-3H3,(H,24,25)/b11-5-.